The van der Waals surface area contributed by atoms with Crippen LogP contribution >= 0.6 is 0 Å². The average molecular weight is 367 g/mol. The molecule has 2 aromatic heterocycles. The van der Waals surface area contributed by atoms with E-state index in [0.29, 0.717) is 24.4 Å². The number of aryl methyl sites for hydroxylation is 2. The first-order valence-electron chi connectivity index (χ1n) is 9.27. The Morgan fingerprint density at radius 1 is 1.19 bits per heavy atom. The molecular weight excluding hydrogens is 342 g/mol. The number of methoxy groups -OCH3 is 1. The van der Waals surface area contributed by atoms with Gasteiger partial charge in [-0.1, -0.05) is 0 Å². The third-order valence-electron chi connectivity index (χ3n) is 5.40. The Kier molecular flexibility index (Phi) is 4.70. The molecule has 1 saturated heterocycles. The van der Waals surface area contributed by atoms with E-state index in [9.17, 15) is 0 Å². The summed E-state index contributed by atoms with van der Waals surface area (Å²) in [7, 11) is 3.65. The number of nitrogens with zero attached hydrogens (tertiary/aromatic N) is 5. The maximum absolute atomic E-state index is 5.93. The summed E-state index contributed by atoms with van der Waals surface area (Å²) in [6.07, 6.45) is 2.30. The zero-order chi connectivity index (χ0) is 19.0. The van der Waals surface area contributed by atoms with Crippen molar-refractivity contribution in [2.75, 3.05) is 13.7 Å². The van der Waals surface area contributed by atoms with Gasteiger partial charge in [-0.2, -0.15) is 5.10 Å². The summed E-state index contributed by atoms with van der Waals surface area (Å²) in [6, 6.07) is 8.00. The van der Waals surface area contributed by atoms with E-state index in [1.54, 1.807) is 7.11 Å². The smallest absolute Gasteiger partial charge is 0.247 e. The molecule has 3 aromatic rings. The summed E-state index contributed by atoms with van der Waals surface area (Å²) in [5.41, 5.74) is 4.57. The number of benzene rings is 1. The molecule has 7 heteroatoms. The van der Waals surface area contributed by atoms with E-state index < -0.39 is 0 Å². The Bertz CT molecular complexity index is 929. The number of ether oxygens (including phenoxy) is 1. The number of likely N-dealkylation sites (tertiary alicyclic amines) is 1. The van der Waals surface area contributed by atoms with E-state index in [0.717, 1.165) is 36.4 Å². The molecule has 0 amide bonds. The largest absolute Gasteiger partial charge is 0.497 e. The topological polar surface area (TPSA) is 69.2 Å². The van der Waals surface area contributed by atoms with Crippen molar-refractivity contribution in [1.29, 1.82) is 0 Å². The lowest BCUT2D eigenvalue weighted by Crippen LogP contribution is -2.23. The molecule has 1 atom stereocenters. The molecule has 1 aliphatic heterocycles. The summed E-state index contributed by atoms with van der Waals surface area (Å²) >= 11 is 0. The lowest BCUT2D eigenvalue weighted by Gasteiger charge is -2.23. The van der Waals surface area contributed by atoms with Crippen LogP contribution in [0.25, 0.3) is 11.5 Å². The second-order valence-electron chi connectivity index (χ2n) is 7.07. The van der Waals surface area contributed by atoms with E-state index >= 15 is 0 Å². The predicted octanol–water partition coefficient (Wildman–Crippen LogP) is 3.43. The third kappa shape index (κ3) is 3.35. The van der Waals surface area contributed by atoms with Crippen molar-refractivity contribution in [2.45, 2.75) is 39.3 Å². The van der Waals surface area contributed by atoms with Crippen LogP contribution in [0.15, 0.2) is 28.7 Å². The fourth-order valence-electron chi connectivity index (χ4n) is 3.96. The second-order valence-corrected chi connectivity index (χ2v) is 7.07. The van der Waals surface area contributed by atoms with Crippen molar-refractivity contribution in [2.24, 2.45) is 7.05 Å². The van der Waals surface area contributed by atoms with Crippen molar-refractivity contribution in [3.8, 4) is 17.2 Å². The normalized spacial score (nSPS) is 17.6. The van der Waals surface area contributed by atoms with Gasteiger partial charge in [0.25, 0.3) is 0 Å². The summed E-state index contributed by atoms with van der Waals surface area (Å²) < 4.78 is 13.1. The van der Waals surface area contributed by atoms with Crippen LogP contribution in [0.4, 0.5) is 0 Å². The molecule has 142 valence electrons. The van der Waals surface area contributed by atoms with Crippen molar-refractivity contribution in [3.63, 3.8) is 0 Å². The van der Waals surface area contributed by atoms with Crippen LogP contribution in [-0.4, -0.2) is 38.5 Å². The average Bonchev–Trinajstić information content (AvgIpc) is 3.37. The van der Waals surface area contributed by atoms with Gasteiger partial charge in [-0.25, -0.2) is 0 Å². The highest BCUT2D eigenvalue weighted by molar-refractivity contribution is 5.53. The first-order valence-corrected chi connectivity index (χ1v) is 9.27. The monoisotopic (exact) mass is 367 g/mol. The van der Waals surface area contributed by atoms with Gasteiger partial charge >= 0.3 is 0 Å². The Morgan fingerprint density at radius 3 is 2.63 bits per heavy atom. The van der Waals surface area contributed by atoms with Crippen LogP contribution in [0.2, 0.25) is 0 Å². The molecule has 0 N–H and O–H groups in total. The molecule has 1 aromatic carbocycles. The van der Waals surface area contributed by atoms with Crippen LogP contribution in [0.5, 0.6) is 5.75 Å². The Labute approximate surface area is 159 Å². The highest BCUT2D eigenvalue weighted by atomic mass is 16.5. The number of hydrogen-bond donors (Lipinski definition) is 0. The lowest BCUT2D eigenvalue weighted by molar-refractivity contribution is 0.223. The maximum Gasteiger partial charge on any atom is 0.247 e. The van der Waals surface area contributed by atoms with Crippen LogP contribution in [0, 0.1) is 13.8 Å². The van der Waals surface area contributed by atoms with Crippen LogP contribution in [-0.2, 0) is 13.6 Å². The second kappa shape index (κ2) is 7.15. The van der Waals surface area contributed by atoms with Gasteiger partial charge in [0, 0.05) is 29.9 Å². The minimum Gasteiger partial charge on any atom is -0.497 e. The minimum absolute atomic E-state index is 0.357. The Morgan fingerprint density at radius 2 is 1.96 bits per heavy atom. The summed E-state index contributed by atoms with van der Waals surface area (Å²) in [5.74, 6) is 1.99. The van der Waals surface area contributed by atoms with Crippen LogP contribution < -0.4 is 4.74 Å². The van der Waals surface area contributed by atoms with Crippen molar-refractivity contribution < 1.29 is 9.15 Å². The van der Waals surface area contributed by atoms with Gasteiger partial charge in [0.15, 0.2) is 0 Å². The van der Waals surface area contributed by atoms with Gasteiger partial charge in [-0.3, -0.25) is 9.58 Å². The molecule has 0 saturated carbocycles. The van der Waals surface area contributed by atoms with Crippen molar-refractivity contribution >= 4 is 0 Å². The molecule has 27 heavy (non-hydrogen) atoms. The predicted molar refractivity (Wildman–Crippen MR) is 101 cm³/mol. The zero-order valence-electron chi connectivity index (χ0n) is 16.3. The van der Waals surface area contributed by atoms with Gasteiger partial charge in [-0.05, 0) is 57.5 Å². The first-order chi connectivity index (χ1) is 13.1. The van der Waals surface area contributed by atoms with E-state index in [2.05, 4.69) is 34.0 Å². The molecular formula is C20H25N5O2. The molecule has 7 nitrogen and oxygen atoms in total. The quantitative estimate of drug-likeness (QED) is 0.688. The maximum atomic E-state index is 5.93. The van der Waals surface area contributed by atoms with Gasteiger partial charge in [0.1, 0.15) is 5.75 Å². The molecule has 0 aliphatic carbocycles. The standard InChI is InChI=1S/C20H25N5O2/c1-13-19(14(2)24(3)23-13)17-6-5-11-25(17)12-18-21-22-20(27-18)15-7-9-16(26-4)10-8-15/h7-10,17H,5-6,11-12H2,1-4H3. The molecule has 0 bridgehead atoms. The Hall–Kier alpha value is -2.67. The van der Waals surface area contributed by atoms with E-state index in [4.69, 9.17) is 9.15 Å². The van der Waals surface area contributed by atoms with Crippen LogP contribution in [0.1, 0.15) is 41.7 Å². The van der Waals surface area contributed by atoms with Gasteiger partial charge in [0.2, 0.25) is 11.8 Å². The van der Waals surface area contributed by atoms with Gasteiger partial charge < -0.3 is 9.15 Å². The minimum atomic E-state index is 0.357. The molecule has 0 radical (unpaired) electrons. The van der Waals surface area contributed by atoms with E-state index in [1.807, 2.05) is 36.0 Å². The van der Waals surface area contributed by atoms with Crippen LogP contribution in [0.3, 0.4) is 0 Å². The highest BCUT2D eigenvalue weighted by Crippen LogP contribution is 2.36. The first kappa shape index (κ1) is 17.7. The van der Waals surface area contributed by atoms with Crippen molar-refractivity contribution in [1.82, 2.24) is 24.9 Å². The fourth-order valence-corrected chi connectivity index (χ4v) is 3.96. The van der Waals surface area contributed by atoms with E-state index in [-0.39, 0.29) is 0 Å². The summed E-state index contributed by atoms with van der Waals surface area (Å²) in [6.45, 7) is 5.91. The van der Waals surface area contributed by atoms with Gasteiger partial charge in [0.05, 0.1) is 19.3 Å². The summed E-state index contributed by atoms with van der Waals surface area (Å²) in [5, 5.41) is 13.1. The molecule has 1 aliphatic rings. The lowest BCUT2D eigenvalue weighted by atomic mass is 10.0. The Balaban J connectivity index is 1.52. The van der Waals surface area contributed by atoms with Crippen molar-refractivity contribution in [3.05, 3.63) is 47.1 Å². The summed E-state index contributed by atoms with van der Waals surface area (Å²) in [4.78, 5) is 2.42. The highest BCUT2D eigenvalue weighted by Gasteiger charge is 2.31. The fraction of sp³-hybridized carbons (Fsp3) is 0.450. The zero-order valence-corrected chi connectivity index (χ0v) is 16.3. The number of hydrogen-bond acceptors (Lipinski definition) is 6. The SMILES string of the molecule is COc1ccc(-c2nnc(CN3CCCC3c3c(C)nn(C)c3C)o2)cc1. The number of rotatable bonds is 5. The number of aromatic nitrogens is 4. The molecule has 1 fully saturated rings. The molecule has 0 spiro atoms. The molecule has 4 rings (SSSR count). The molecule has 3 heterocycles. The third-order valence-corrected chi connectivity index (χ3v) is 5.40. The van der Waals surface area contributed by atoms with Gasteiger partial charge in [-0.15, -0.1) is 10.2 Å². The molecule has 1 unspecified atom stereocenters. The van der Waals surface area contributed by atoms with E-state index in [1.165, 1.54) is 11.3 Å².